The molecule has 0 spiro atoms. The predicted molar refractivity (Wildman–Crippen MR) is 73.2 cm³/mol. The van der Waals surface area contributed by atoms with Crippen molar-refractivity contribution in [3.63, 3.8) is 0 Å². The van der Waals surface area contributed by atoms with Crippen LogP contribution in [0.25, 0.3) is 0 Å². The van der Waals surface area contributed by atoms with Crippen molar-refractivity contribution in [1.29, 1.82) is 0 Å². The lowest BCUT2D eigenvalue weighted by molar-refractivity contribution is 0.0562. The van der Waals surface area contributed by atoms with Crippen molar-refractivity contribution < 1.29 is 13.9 Å². The Bertz CT molecular complexity index is 522. The maximum atomic E-state index is 11.4. The number of ether oxygens (including phenoxy) is 1. The van der Waals surface area contributed by atoms with E-state index in [4.69, 9.17) is 4.42 Å². The SMILES string of the molecule is COC(=O)c1ccc(C(C)NC2C3C4CCC(C4)C23)o1. The molecule has 3 fully saturated rings. The second-order valence-electron chi connectivity index (χ2n) is 6.60. The number of hydrogen-bond donors (Lipinski definition) is 1. The minimum absolute atomic E-state index is 0.156. The van der Waals surface area contributed by atoms with Gasteiger partial charge in [-0.05, 0) is 62.0 Å². The van der Waals surface area contributed by atoms with Gasteiger partial charge in [-0.2, -0.15) is 0 Å². The molecule has 20 heavy (non-hydrogen) atoms. The van der Waals surface area contributed by atoms with Gasteiger partial charge in [-0.1, -0.05) is 0 Å². The van der Waals surface area contributed by atoms with Crippen molar-refractivity contribution in [2.24, 2.45) is 23.7 Å². The maximum Gasteiger partial charge on any atom is 0.373 e. The Hall–Kier alpha value is -1.29. The van der Waals surface area contributed by atoms with E-state index in [-0.39, 0.29) is 11.8 Å². The fourth-order valence-corrected chi connectivity index (χ4v) is 4.71. The summed E-state index contributed by atoms with van der Waals surface area (Å²) in [5.41, 5.74) is 0. The average Bonchev–Trinajstić information content (AvgIpc) is 2.91. The van der Waals surface area contributed by atoms with Gasteiger partial charge in [-0.3, -0.25) is 0 Å². The highest BCUT2D eigenvalue weighted by atomic mass is 16.5. The molecule has 0 aromatic carbocycles. The Morgan fingerprint density at radius 3 is 2.70 bits per heavy atom. The molecule has 3 aliphatic rings. The fraction of sp³-hybridized carbons (Fsp3) is 0.688. The van der Waals surface area contributed by atoms with Crippen molar-refractivity contribution in [1.82, 2.24) is 5.32 Å². The van der Waals surface area contributed by atoms with Crippen LogP contribution in [0.3, 0.4) is 0 Å². The summed E-state index contributed by atoms with van der Waals surface area (Å²) in [6, 6.07) is 4.39. The van der Waals surface area contributed by atoms with Crippen molar-refractivity contribution >= 4 is 5.97 Å². The molecule has 4 rings (SSSR count). The van der Waals surface area contributed by atoms with Gasteiger partial charge in [0.25, 0.3) is 0 Å². The summed E-state index contributed by atoms with van der Waals surface area (Å²) in [5, 5.41) is 3.70. The number of hydrogen-bond acceptors (Lipinski definition) is 4. The maximum absolute atomic E-state index is 11.4. The molecule has 1 aromatic rings. The normalized spacial score (nSPS) is 38.6. The number of carbonyl (C=O) groups is 1. The largest absolute Gasteiger partial charge is 0.463 e. The summed E-state index contributed by atoms with van der Waals surface area (Å²) >= 11 is 0. The fourth-order valence-electron chi connectivity index (χ4n) is 4.71. The van der Waals surface area contributed by atoms with Crippen LogP contribution < -0.4 is 5.32 Å². The molecule has 4 nitrogen and oxygen atoms in total. The zero-order valence-electron chi connectivity index (χ0n) is 12.0. The van der Waals surface area contributed by atoms with Gasteiger partial charge in [-0.25, -0.2) is 4.79 Å². The van der Waals surface area contributed by atoms with Crippen LogP contribution in [0.4, 0.5) is 0 Å². The van der Waals surface area contributed by atoms with Crippen LogP contribution in [0, 0.1) is 23.7 Å². The molecule has 1 aromatic heterocycles. The lowest BCUT2D eigenvalue weighted by atomic mass is 10.0. The van der Waals surface area contributed by atoms with E-state index in [0.717, 1.165) is 29.4 Å². The number of nitrogens with one attached hydrogen (secondary N) is 1. The summed E-state index contributed by atoms with van der Waals surface area (Å²) in [4.78, 5) is 11.4. The quantitative estimate of drug-likeness (QED) is 0.858. The number of methoxy groups -OCH3 is 1. The van der Waals surface area contributed by atoms with Crippen LogP contribution in [-0.2, 0) is 4.74 Å². The first-order valence-corrected chi connectivity index (χ1v) is 7.63. The van der Waals surface area contributed by atoms with Crippen LogP contribution in [0.5, 0.6) is 0 Å². The Morgan fingerprint density at radius 2 is 2.05 bits per heavy atom. The van der Waals surface area contributed by atoms with Gasteiger partial charge in [0, 0.05) is 6.04 Å². The van der Waals surface area contributed by atoms with E-state index in [9.17, 15) is 4.79 Å². The molecule has 3 saturated carbocycles. The van der Waals surface area contributed by atoms with E-state index >= 15 is 0 Å². The van der Waals surface area contributed by atoms with Crippen LogP contribution in [0.15, 0.2) is 16.5 Å². The molecule has 0 saturated heterocycles. The molecular formula is C16H21NO3. The van der Waals surface area contributed by atoms with Gasteiger partial charge in [0.1, 0.15) is 5.76 Å². The zero-order valence-corrected chi connectivity index (χ0v) is 12.0. The van der Waals surface area contributed by atoms with Gasteiger partial charge >= 0.3 is 5.97 Å². The highest BCUT2D eigenvalue weighted by molar-refractivity contribution is 5.86. The van der Waals surface area contributed by atoms with Gasteiger partial charge in [0.05, 0.1) is 13.2 Å². The summed E-state index contributed by atoms with van der Waals surface area (Å²) in [7, 11) is 1.37. The van der Waals surface area contributed by atoms with Crippen LogP contribution in [0.2, 0.25) is 0 Å². The van der Waals surface area contributed by atoms with Crippen LogP contribution in [-0.4, -0.2) is 19.1 Å². The Labute approximate surface area is 118 Å². The molecular weight excluding hydrogens is 254 g/mol. The summed E-state index contributed by atoms with van der Waals surface area (Å²) in [6.45, 7) is 2.11. The third-order valence-corrected chi connectivity index (χ3v) is 5.62. The monoisotopic (exact) mass is 275 g/mol. The van der Waals surface area contributed by atoms with Crippen LogP contribution >= 0.6 is 0 Å². The van der Waals surface area contributed by atoms with Crippen LogP contribution in [0.1, 0.15) is 48.5 Å². The zero-order chi connectivity index (χ0) is 13.9. The van der Waals surface area contributed by atoms with Crippen molar-refractivity contribution in [2.45, 2.75) is 38.3 Å². The minimum Gasteiger partial charge on any atom is -0.463 e. The van der Waals surface area contributed by atoms with E-state index in [1.165, 1.54) is 26.4 Å². The number of rotatable bonds is 4. The minimum atomic E-state index is -0.412. The molecule has 1 heterocycles. The first-order valence-electron chi connectivity index (χ1n) is 7.63. The molecule has 3 aliphatic carbocycles. The summed E-state index contributed by atoms with van der Waals surface area (Å²) < 4.78 is 10.2. The molecule has 5 atom stereocenters. The lowest BCUT2D eigenvalue weighted by Gasteiger charge is -2.15. The third-order valence-electron chi connectivity index (χ3n) is 5.62. The van der Waals surface area contributed by atoms with E-state index in [2.05, 4.69) is 17.0 Å². The standard InChI is InChI=1S/C16H21NO3/c1-8(11-5-6-12(20-11)16(18)19-2)17-15-13-9-3-4-10(7-9)14(13)15/h5-6,8-10,13-15,17H,3-4,7H2,1-2H3. The number of carbonyl (C=O) groups excluding carboxylic acids is 1. The molecule has 2 bridgehead atoms. The molecule has 0 radical (unpaired) electrons. The Kier molecular flexibility index (Phi) is 2.71. The Balaban J connectivity index is 1.40. The molecule has 4 heteroatoms. The first-order chi connectivity index (χ1) is 9.69. The number of esters is 1. The van der Waals surface area contributed by atoms with Gasteiger partial charge < -0.3 is 14.5 Å². The molecule has 5 unspecified atom stereocenters. The molecule has 0 aliphatic heterocycles. The highest BCUT2D eigenvalue weighted by Gasteiger charge is 2.64. The van der Waals surface area contributed by atoms with E-state index < -0.39 is 5.97 Å². The Morgan fingerprint density at radius 1 is 1.35 bits per heavy atom. The average molecular weight is 275 g/mol. The second-order valence-corrected chi connectivity index (χ2v) is 6.60. The lowest BCUT2D eigenvalue weighted by Crippen LogP contribution is -2.25. The third kappa shape index (κ3) is 1.74. The van der Waals surface area contributed by atoms with Gasteiger partial charge in [-0.15, -0.1) is 0 Å². The summed E-state index contributed by atoms with van der Waals surface area (Å²) in [5.74, 6) is 4.45. The molecule has 108 valence electrons. The van der Waals surface area contributed by atoms with E-state index in [0.29, 0.717) is 6.04 Å². The predicted octanol–water partition coefficient (Wildman–Crippen LogP) is 2.76. The van der Waals surface area contributed by atoms with Crippen molar-refractivity contribution in [2.75, 3.05) is 7.11 Å². The van der Waals surface area contributed by atoms with Gasteiger partial charge in [0.15, 0.2) is 0 Å². The van der Waals surface area contributed by atoms with E-state index in [1.807, 2.05) is 6.07 Å². The molecule has 1 N–H and O–H groups in total. The second kappa shape index (κ2) is 4.35. The van der Waals surface area contributed by atoms with Crippen molar-refractivity contribution in [3.8, 4) is 0 Å². The topological polar surface area (TPSA) is 51.5 Å². The van der Waals surface area contributed by atoms with Gasteiger partial charge in [0.2, 0.25) is 5.76 Å². The van der Waals surface area contributed by atoms with Crippen molar-refractivity contribution in [3.05, 3.63) is 23.7 Å². The summed E-state index contributed by atoms with van der Waals surface area (Å²) in [6.07, 6.45) is 4.34. The van der Waals surface area contributed by atoms with E-state index in [1.54, 1.807) is 6.07 Å². The first kappa shape index (κ1) is 12.5. The smallest absolute Gasteiger partial charge is 0.373 e. The molecule has 0 amide bonds. The number of fused-ring (bicyclic) bond motifs is 5. The number of furan rings is 1. The highest BCUT2D eigenvalue weighted by Crippen LogP contribution is 2.65.